The lowest BCUT2D eigenvalue weighted by Gasteiger charge is -2.08. The molecule has 1 heterocycles. The first kappa shape index (κ1) is 16.7. The van der Waals surface area contributed by atoms with Gasteiger partial charge in [0.2, 0.25) is 0 Å². The number of para-hydroxylation sites is 1. The third-order valence-electron chi connectivity index (χ3n) is 3.46. The second-order valence-corrected chi connectivity index (χ2v) is 5.17. The van der Waals surface area contributed by atoms with Crippen LogP contribution in [0.3, 0.4) is 0 Å². The Kier molecular flexibility index (Phi) is 5.09. The Morgan fingerprint density at radius 2 is 1.92 bits per heavy atom. The maximum atomic E-state index is 13.7. The number of nitrogens with zero attached hydrogens (tertiary/aromatic N) is 1. The van der Waals surface area contributed by atoms with Crippen molar-refractivity contribution in [2.75, 3.05) is 6.61 Å². The van der Waals surface area contributed by atoms with E-state index in [1.54, 1.807) is 48.5 Å². The highest BCUT2D eigenvalue weighted by atomic mass is 19.1. The number of halogens is 1. The maximum Gasteiger partial charge on any atom is 0.342 e. The topological polar surface area (TPSA) is 61.6 Å². The van der Waals surface area contributed by atoms with Crippen molar-refractivity contribution in [3.63, 3.8) is 0 Å². The van der Waals surface area contributed by atoms with Crippen LogP contribution in [-0.2, 0) is 11.3 Å². The predicted molar refractivity (Wildman–Crippen MR) is 88.6 cm³/mol. The second kappa shape index (κ2) is 7.61. The van der Waals surface area contributed by atoms with Gasteiger partial charge in [-0.05, 0) is 31.2 Å². The fraction of sp³-hybridized carbons (Fsp3) is 0.158. The zero-order valence-electron chi connectivity index (χ0n) is 13.6. The molecule has 128 valence electrons. The van der Waals surface area contributed by atoms with Gasteiger partial charge >= 0.3 is 5.97 Å². The molecule has 0 atom stereocenters. The molecule has 0 fully saturated rings. The summed E-state index contributed by atoms with van der Waals surface area (Å²) in [4.78, 5) is 12.2. The van der Waals surface area contributed by atoms with Crippen molar-refractivity contribution < 1.29 is 23.2 Å². The average molecular weight is 341 g/mol. The van der Waals surface area contributed by atoms with Crippen LogP contribution in [0.2, 0.25) is 0 Å². The van der Waals surface area contributed by atoms with Gasteiger partial charge in [-0.15, -0.1) is 0 Å². The van der Waals surface area contributed by atoms with Crippen LogP contribution >= 0.6 is 0 Å². The van der Waals surface area contributed by atoms with E-state index in [2.05, 4.69) is 5.16 Å². The molecule has 1 aromatic heterocycles. The molecule has 3 aromatic rings. The molecule has 0 amide bonds. The number of benzene rings is 2. The van der Waals surface area contributed by atoms with E-state index in [0.717, 1.165) is 0 Å². The Bertz CT molecular complexity index is 875. The molecule has 0 unspecified atom stereocenters. The number of esters is 1. The van der Waals surface area contributed by atoms with Gasteiger partial charge in [-0.1, -0.05) is 29.4 Å². The number of aromatic nitrogens is 1. The third-order valence-corrected chi connectivity index (χ3v) is 3.46. The standard InChI is InChI=1S/C19H16FNO4/c1-2-23-17-10-6-4-8-15(17)19(22)24-12-13-11-18(25-21-13)14-7-3-5-9-16(14)20/h3-11H,2,12H2,1H3. The second-order valence-electron chi connectivity index (χ2n) is 5.17. The summed E-state index contributed by atoms with van der Waals surface area (Å²) in [7, 11) is 0. The molecule has 0 aliphatic heterocycles. The fourth-order valence-corrected chi connectivity index (χ4v) is 2.30. The van der Waals surface area contributed by atoms with E-state index >= 15 is 0 Å². The van der Waals surface area contributed by atoms with Gasteiger partial charge < -0.3 is 14.0 Å². The number of carbonyl (C=O) groups is 1. The first-order chi connectivity index (χ1) is 12.2. The predicted octanol–water partition coefficient (Wildman–Crippen LogP) is 4.24. The summed E-state index contributed by atoms with van der Waals surface area (Å²) in [5, 5.41) is 3.81. The van der Waals surface area contributed by atoms with Crippen molar-refractivity contribution >= 4 is 5.97 Å². The lowest BCUT2D eigenvalue weighted by molar-refractivity contribution is 0.0460. The molecular weight excluding hydrogens is 325 g/mol. The first-order valence-corrected chi connectivity index (χ1v) is 7.78. The first-order valence-electron chi connectivity index (χ1n) is 7.78. The highest BCUT2D eigenvalue weighted by Gasteiger charge is 2.16. The monoisotopic (exact) mass is 341 g/mol. The molecule has 0 aliphatic rings. The Hall–Kier alpha value is -3.15. The van der Waals surface area contributed by atoms with Crippen LogP contribution in [0.5, 0.6) is 5.75 Å². The minimum Gasteiger partial charge on any atom is -0.493 e. The van der Waals surface area contributed by atoms with Crippen molar-refractivity contribution in [2.24, 2.45) is 0 Å². The van der Waals surface area contributed by atoms with Gasteiger partial charge in [0.05, 0.1) is 12.2 Å². The number of ether oxygens (including phenoxy) is 2. The molecule has 0 aliphatic carbocycles. The van der Waals surface area contributed by atoms with E-state index in [1.807, 2.05) is 6.92 Å². The minimum absolute atomic E-state index is 0.0861. The van der Waals surface area contributed by atoms with Gasteiger partial charge in [0.25, 0.3) is 0 Å². The molecule has 0 spiro atoms. The van der Waals surface area contributed by atoms with E-state index in [0.29, 0.717) is 29.2 Å². The lowest BCUT2D eigenvalue weighted by atomic mass is 10.1. The molecule has 2 aromatic carbocycles. The van der Waals surface area contributed by atoms with E-state index in [4.69, 9.17) is 14.0 Å². The molecule has 5 nitrogen and oxygen atoms in total. The smallest absolute Gasteiger partial charge is 0.342 e. The maximum absolute atomic E-state index is 13.7. The van der Waals surface area contributed by atoms with Crippen molar-refractivity contribution in [3.05, 3.63) is 71.7 Å². The fourth-order valence-electron chi connectivity index (χ4n) is 2.30. The number of hydrogen-bond acceptors (Lipinski definition) is 5. The number of carbonyl (C=O) groups excluding carboxylic acids is 1. The summed E-state index contributed by atoms with van der Waals surface area (Å²) in [6.45, 7) is 2.19. The molecule has 0 N–H and O–H groups in total. The van der Waals surface area contributed by atoms with Crippen LogP contribution < -0.4 is 4.74 Å². The quantitative estimate of drug-likeness (QED) is 0.628. The van der Waals surface area contributed by atoms with Crippen molar-refractivity contribution in [3.8, 4) is 17.1 Å². The molecule has 0 radical (unpaired) electrons. The van der Waals surface area contributed by atoms with Crippen molar-refractivity contribution in [2.45, 2.75) is 13.5 Å². The average Bonchev–Trinajstić information content (AvgIpc) is 3.09. The number of hydrogen-bond donors (Lipinski definition) is 0. The van der Waals surface area contributed by atoms with Gasteiger partial charge in [-0.3, -0.25) is 0 Å². The van der Waals surface area contributed by atoms with Gasteiger partial charge in [0, 0.05) is 6.07 Å². The summed E-state index contributed by atoms with van der Waals surface area (Å²) in [5.74, 6) is -0.201. The van der Waals surface area contributed by atoms with Crippen molar-refractivity contribution in [1.29, 1.82) is 0 Å². The van der Waals surface area contributed by atoms with E-state index in [1.165, 1.54) is 6.07 Å². The normalized spacial score (nSPS) is 10.5. The highest BCUT2D eigenvalue weighted by molar-refractivity contribution is 5.92. The molecule has 6 heteroatoms. The molecule has 25 heavy (non-hydrogen) atoms. The van der Waals surface area contributed by atoms with E-state index in [-0.39, 0.29) is 12.4 Å². The van der Waals surface area contributed by atoms with Gasteiger partial charge in [0.1, 0.15) is 29.4 Å². The summed E-state index contributed by atoms with van der Waals surface area (Å²) >= 11 is 0. The molecule has 0 bridgehead atoms. The van der Waals surface area contributed by atoms with Crippen LogP contribution in [0, 0.1) is 5.82 Å². The third kappa shape index (κ3) is 3.85. The molecular formula is C19H16FNO4. The SMILES string of the molecule is CCOc1ccccc1C(=O)OCc1cc(-c2ccccc2F)on1. The number of rotatable bonds is 6. The summed E-state index contributed by atoms with van der Waals surface area (Å²) in [5.41, 5.74) is 1.02. The summed E-state index contributed by atoms with van der Waals surface area (Å²) in [6, 6.07) is 14.6. The Balaban J connectivity index is 1.69. The minimum atomic E-state index is -0.528. The van der Waals surface area contributed by atoms with Crippen LogP contribution in [0.1, 0.15) is 23.0 Å². The molecule has 0 saturated carbocycles. The Labute approximate surface area is 144 Å². The molecule has 0 saturated heterocycles. The highest BCUT2D eigenvalue weighted by Crippen LogP contribution is 2.24. The van der Waals surface area contributed by atoms with Crippen LogP contribution in [-0.4, -0.2) is 17.7 Å². The van der Waals surface area contributed by atoms with Crippen LogP contribution in [0.4, 0.5) is 4.39 Å². The van der Waals surface area contributed by atoms with Gasteiger partial charge in [-0.2, -0.15) is 0 Å². The molecule has 3 rings (SSSR count). The zero-order valence-corrected chi connectivity index (χ0v) is 13.6. The van der Waals surface area contributed by atoms with Crippen LogP contribution in [0.15, 0.2) is 59.1 Å². The van der Waals surface area contributed by atoms with E-state index < -0.39 is 11.8 Å². The zero-order chi connectivity index (χ0) is 17.6. The Morgan fingerprint density at radius 3 is 2.72 bits per heavy atom. The van der Waals surface area contributed by atoms with Gasteiger partial charge in [0.15, 0.2) is 5.76 Å². The summed E-state index contributed by atoms with van der Waals surface area (Å²) < 4.78 is 29.5. The Morgan fingerprint density at radius 1 is 1.16 bits per heavy atom. The van der Waals surface area contributed by atoms with E-state index in [9.17, 15) is 9.18 Å². The van der Waals surface area contributed by atoms with Crippen molar-refractivity contribution in [1.82, 2.24) is 5.16 Å². The van der Waals surface area contributed by atoms with Gasteiger partial charge in [-0.25, -0.2) is 9.18 Å². The van der Waals surface area contributed by atoms with Crippen LogP contribution in [0.25, 0.3) is 11.3 Å². The lowest BCUT2D eigenvalue weighted by Crippen LogP contribution is -2.08. The largest absolute Gasteiger partial charge is 0.493 e. The summed E-state index contributed by atoms with van der Waals surface area (Å²) in [6.07, 6.45) is 0.